The van der Waals surface area contributed by atoms with Crippen molar-refractivity contribution in [3.8, 4) is 11.3 Å². The van der Waals surface area contributed by atoms with Crippen LogP contribution in [0.4, 0.5) is 5.82 Å². The molecule has 0 spiro atoms. The van der Waals surface area contributed by atoms with Crippen molar-refractivity contribution in [2.24, 2.45) is 5.92 Å². The molecule has 2 aliphatic rings. The van der Waals surface area contributed by atoms with Crippen LogP contribution in [-0.4, -0.2) is 21.7 Å². The highest BCUT2D eigenvalue weighted by molar-refractivity contribution is 6.01. The molecule has 1 amide bonds. The standard InChI is InChI=1S/C25H25N3O2/c29-21-11-5-10-20-23(21)19(14-16-6-2-1-3-7-16)24(27-20)18-12-13-26-22(15-18)28-25(30)17-8-4-9-17/h1-3,6-7,12-13,15,17,27H,4-5,8-11,14H2,(H,26,28,30). The summed E-state index contributed by atoms with van der Waals surface area (Å²) >= 11 is 0. The predicted molar refractivity (Wildman–Crippen MR) is 117 cm³/mol. The van der Waals surface area contributed by atoms with Crippen molar-refractivity contribution in [2.45, 2.75) is 44.9 Å². The topological polar surface area (TPSA) is 74.8 Å². The second-order valence-electron chi connectivity index (χ2n) is 8.32. The van der Waals surface area contributed by atoms with E-state index in [1.165, 1.54) is 5.56 Å². The number of benzene rings is 1. The van der Waals surface area contributed by atoms with E-state index < -0.39 is 0 Å². The van der Waals surface area contributed by atoms with Gasteiger partial charge in [-0.15, -0.1) is 0 Å². The number of pyridine rings is 1. The number of nitrogens with zero attached hydrogens (tertiary/aromatic N) is 1. The number of carbonyl (C=O) groups excluding carboxylic acids is 2. The summed E-state index contributed by atoms with van der Waals surface area (Å²) < 4.78 is 0. The highest BCUT2D eigenvalue weighted by atomic mass is 16.2. The summed E-state index contributed by atoms with van der Waals surface area (Å²) in [5, 5.41) is 2.96. The minimum atomic E-state index is 0.0522. The van der Waals surface area contributed by atoms with Gasteiger partial charge >= 0.3 is 0 Å². The Kier molecular flexibility index (Phi) is 4.95. The zero-order valence-corrected chi connectivity index (χ0v) is 16.9. The van der Waals surface area contributed by atoms with E-state index in [9.17, 15) is 9.59 Å². The van der Waals surface area contributed by atoms with Crippen molar-refractivity contribution >= 4 is 17.5 Å². The molecule has 2 aromatic heterocycles. The Morgan fingerprint density at radius 2 is 1.93 bits per heavy atom. The Morgan fingerprint density at radius 1 is 1.10 bits per heavy atom. The summed E-state index contributed by atoms with van der Waals surface area (Å²) in [5.41, 5.74) is 6.01. The number of aromatic nitrogens is 2. The number of carbonyl (C=O) groups is 2. The molecule has 152 valence electrons. The molecule has 1 fully saturated rings. The number of fused-ring (bicyclic) bond motifs is 1. The number of rotatable bonds is 5. The van der Waals surface area contributed by atoms with Crippen LogP contribution in [0.3, 0.4) is 0 Å². The van der Waals surface area contributed by atoms with Gasteiger partial charge in [0.15, 0.2) is 5.78 Å². The fourth-order valence-electron chi connectivity index (χ4n) is 4.45. The lowest BCUT2D eigenvalue weighted by molar-refractivity contribution is -0.122. The average Bonchev–Trinajstić information content (AvgIpc) is 3.07. The zero-order valence-electron chi connectivity index (χ0n) is 16.9. The minimum Gasteiger partial charge on any atom is -0.358 e. The number of hydrogen-bond donors (Lipinski definition) is 2. The number of anilines is 1. The molecule has 5 heteroatoms. The van der Waals surface area contributed by atoms with Crippen molar-refractivity contribution < 1.29 is 9.59 Å². The van der Waals surface area contributed by atoms with E-state index in [4.69, 9.17) is 0 Å². The fraction of sp³-hybridized carbons (Fsp3) is 0.320. The summed E-state index contributed by atoms with van der Waals surface area (Å²) in [7, 11) is 0. The number of aromatic amines is 1. The molecule has 5 nitrogen and oxygen atoms in total. The predicted octanol–water partition coefficient (Wildman–Crippen LogP) is 4.93. The van der Waals surface area contributed by atoms with E-state index in [0.717, 1.165) is 60.2 Å². The van der Waals surface area contributed by atoms with Crippen LogP contribution in [0, 0.1) is 5.92 Å². The number of amides is 1. The van der Waals surface area contributed by atoms with Crippen LogP contribution >= 0.6 is 0 Å². The van der Waals surface area contributed by atoms with E-state index in [-0.39, 0.29) is 17.6 Å². The lowest BCUT2D eigenvalue weighted by Gasteiger charge is -2.23. The molecule has 2 N–H and O–H groups in total. The highest BCUT2D eigenvalue weighted by Gasteiger charge is 2.28. The minimum absolute atomic E-state index is 0.0522. The van der Waals surface area contributed by atoms with Crippen molar-refractivity contribution in [3.63, 3.8) is 0 Å². The van der Waals surface area contributed by atoms with Gasteiger partial charge in [-0.3, -0.25) is 9.59 Å². The van der Waals surface area contributed by atoms with Crippen molar-refractivity contribution in [1.82, 2.24) is 9.97 Å². The third-order valence-electron chi connectivity index (χ3n) is 6.29. The first kappa shape index (κ1) is 18.8. The Balaban J connectivity index is 1.53. The molecule has 0 aliphatic heterocycles. The van der Waals surface area contributed by atoms with E-state index in [1.54, 1.807) is 6.20 Å². The lowest BCUT2D eigenvalue weighted by Crippen LogP contribution is -2.28. The van der Waals surface area contributed by atoms with Gasteiger partial charge in [0.25, 0.3) is 0 Å². The summed E-state index contributed by atoms with van der Waals surface area (Å²) in [5.74, 6) is 0.946. The number of hydrogen-bond acceptors (Lipinski definition) is 3. The van der Waals surface area contributed by atoms with Crippen LogP contribution in [0.2, 0.25) is 0 Å². The molecule has 1 saturated carbocycles. The van der Waals surface area contributed by atoms with Gasteiger partial charge in [0, 0.05) is 41.8 Å². The van der Waals surface area contributed by atoms with Gasteiger partial charge in [-0.1, -0.05) is 36.8 Å². The normalized spacial score (nSPS) is 16.1. The first-order chi connectivity index (χ1) is 14.7. The maximum absolute atomic E-state index is 12.8. The van der Waals surface area contributed by atoms with Gasteiger partial charge in [-0.2, -0.15) is 0 Å². The van der Waals surface area contributed by atoms with E-state index in [0.29, 0.717) is 18.7 Å². The van der Waals surface area contributed by atoms with Crippen LogP contribution in [0.15, 0.2) is 48.7 Å². The summed E-state index contributed by atoms with van der Waals surface area (Å²) in [4.78, 5) is 33.0. The molecule has 2 aliphatic carbocycles. The van der Waals surface area contributed by atoms with Crippen LogP contribution in [0.5, 0.6) is 0 Å². The van der Waals surface area contributed by atoms with Gasteiger partial charge in [0.2, 0.25) is 5.91 Å². The van der Waals surface area contributed by atoms with Gasteiger partial charge in [-0.25, -0.2) is 4.98 Å². The molecule has 3 aromatic rings. The monoisotopic (exact) mass is 399 g/mol. The Bertz CT molecular complexity index is 1100. The van der Waals surface area contributed by atoms with Gasteiger partial charge in [0.05, 0.1) is 5.69 Å². The molecule has 5 rings (SSSR count). The van der Waals surface area contributed by atoms with Crippen molar-refractivity contribution in [1.29, 1.82) is 0 Å². The van der Waals surface area contributed by atoms with Crippen molar-refractivity contribution in [2.75, 3.05) is 5.32 Å². The largest absolute Gasteiger partial charge is 0.358 e. The number of Topliss-reactive ketones (excluding diaryl/α,β-unsaturated/α-hetero) is 1. The SMILES string of the molecule is O=C1CCCc2[nH]c(-c3ccnc(NC(=O)C4CCC4)c3)c(Cc3ccccc3)c21. The second-order valence-corrected chi connectivity index (χ2v) is 8.32. The van der Waals surface area contributed by atoms with Gasteiger partial charge in [0.1, 0.15) is 5.82 Å². The molecular formula is C25H25N3O2. The van der Waals surface area contributed by atoms with Crippen LogP contribution < -0.4 is 5.32 Å². The molecule has 0 unspecified atom stereocenters. The Morgan fingerprint density at radius 3 is 2.70 bits per heavy atom. The third kappa shape index (κ3) is 3.56. The molecule has 2 heterocycles. The second kappa shape index (κ2) is 7.90. The molecule has 0 radical (unpaired) electrons. The highest BCUT2D eigenvalue weighted by Crippen LogP contribution is 2.35. The first-order valence-electron chi connectivity index (χ1n) is 10.8. The number of H-pyrrole nitrogens is 1. The molecule has 0 saturated heterocycles. The van der Waals surface area contributed by atoms with Crippen LogP contribution in [0.25, 0.3) is 11.3 Å². The lowest BCUT2D eigenvalue weighted by atomic mass is 9.85. The summed E-state index contributed by atoms with van der Waals surface area (Å²) in [6.07, 6.45) is 7.83. The van der Waals surface area contributed by atoms with Gasteiger partial charge in [-0.05, 0) is 48.9 Å². The molecular weight excluding hydrogens is 374 g/mol. The zero-order chi connectivity index (χ0) is 20.5. The summed E-state index contributed by atoms with van der Waals surface area (Å²) in [6, 6.07) is 14.1. The fourth-order valence-corrected chi connectivity index (χ4v) is 4.45. The van der Waals surface area contributed by atoms with Crippen molar-refractivity contribution in [3.05, 3.63) is 71.0 Å². The maximum atomic E-state index is 12.8. The molecule has 1 aromatic carbocycles. The average molecular weight is 399 g/mol. The Labute approximate surface area is 175 Å². The smallest absolute Gasteiger partial charge is 0.228 e. The van der Waals surface area contributed by atoms with E-state index >= 15 is 0 Å². The Hall–Kier alpha value is -3.21. The molecule has 0 bridgehead atoms. The molecule has 0 atom stereocenters. The van der Waals surface area contributed by atoms with E-state index in [2.05, 4.69) is 27.4 Å². The third-order valence-corrected chi connectivity index (χ3v) is 6.29. The molecule has 30 heavy (non-hydrogen) atoms. The first-order valence-corrected chi connectivity index (χ1v) is 10.8. The number of aryl methyl sites for hydroxylation is 1. The van der Waals surface area contributed by atoms with Gasteiger partial charge < -0.3 is 10.3 Å². The van der Waals surface area contributed by atoms with E-state index in [1.807, 2.05) is 30.3 Å². The number of nitrogens with one attached hydrogen (secondary N) is 2. The van der Waals surface area contributed by atoms with Crippen LogP contribution in [-0.2, 0) is 17.6 Å². The number of ketones is 1. The summed E-state index contributed by atoms with van der Waals surface area (Å²) in [6.45, 7) is 0. The quantitative estimate of drug-likeness (QED) is 0.639. The maximum Gasteiger partial charge on any atom is 0.228 e. The van der Waals surface area contributed by atoms with Crippen LogP contribution in [0.1, 0.15) is 59.3 Å².